The van der Waals surface area contributed by atoms with Crippen molar-refractivity contribution in [1.82, 2.24) is 20.3 Å². The summed E-state index contributed by atoms with van der Waals surface area (Å²) in [5.41, 5.74) is 4.38. The Balaban J connectivity index is 1.28. The molecule has 5 aromatic rings. The summed E-state index contributed by atoms with van der Waals surface area (Å²) in [6.07, 6.45) is 11.1. The Bertz CT molecular complexity index is 1700. The molecule has 3 heterocycles. The SMILES string of the molecule is CNc1ccc(-c2coc(N[C@@](C)(Cc3c[nH]c4ccccc34)C(=O)NCC3(c4ccc(OC)cn4)CCCCC3)n2)cc1. The summed E-state index contributed by atoms with van der Waals surface area (Å²) in [7, 11) is 3.53. The van der Waals surface area contributed by atoms with E-state index in [2.05, 4.69) is 27.0 Å². The number of para-hydroxylation sites is 1. The number of hydrogen-bond acceptors (Lipinski definition) is 7. The molecule has 228 valence electrons. The van der Waals surface area contributed by atoms with E-state index < -0.39 is 5.54 Å². The summed E-state index contributed by atoms with van der Waals surface area (Å²) in [4.78, 5) is 27.1. The van der Waals surface area contributed by atoms with Gasteiger partial charge in [0.15, 0.2) is 0 Å². The Kier molecular flexibility index (Phi) is 8.28. The Morgan fingerprint density at radius 3 is 2.59 bits per heavy atom. The highest BCUT2D eigenvalue weighted by molar-refractivity contribution is 5.91. The zero-order valence-electron chi connectivity index (χ0n) is 25.6. The second-order valence-electron chi connectivity index (χ2n) is 12.0. The third-order valence-corrected chi connectivity index (χ3v) is 8.99. The molecule has 0 aliphatic heterocycles. The Morgan fingerprint density at radius 1 is 1.07 bits per heavy atom. The maximum atomic E-state index is 14.3. The van der Waals surface area contributed by atoms with Crippen LogP contribution in [0.15, 0.2) is 83.7 Å². The van der Waals surface area contributed by atoms with Crippen LogP contribution in [0.4, 0.5) is 11.7 Å². The lowest BCUT2D eigenvalue weighted by molar-refractivity contribution is -0.125. The second-order valence-corrected chi connectivity index (χ2v) is 12.0. The van der Waals surface area contributed by atoms with Crippen molar-refractivity contribution in [2.75, 3.05) is 31.3 Å². The van der Waals surface area contributed by atoms with Gasteiger partial charge in [-0.2, -0.15) is 4.98 Å². The van der Waals surface area contributed by atoms with Crippen LogP contribution < -0.4 is 20.7 Å². The highest BCUT2D eigenvalue weighted by Crippen LogP contribution is 2.39. The van der Waals surface area contributed by atoms with E-state index in [1.165, 1.54) is 6.42 Å². The Morgan fingerprint density at radius 2 is 1.86 bits per heavy atom. The van der Waals surface area contributed by atoms with Gasteiger partial charge in [-0.1, -0.05) is 49.6 Å². The minimum atomic E-state index is -1.06. The number of pyridine rings is 1. The highest BCUT2D eigenvalue weighted by atomic mass is 16.5. The van der Waals surface area contributed by atoms with Crippen LogP contribution in [-0.2, 0) is 16.6 Å². The number of fused-ring (bicyclic) bond motifs is 1. The maximum absolute atomic E-state index is 14.3. The van der Waals surface area contributed by atoms with Crippen LogP contribution in [0, 0.1) is 0 Å². The van der Waals surface area contributed by atoms with Crippen molar-refractivity contribution in [1.29, 1.82) is 0 Å². The number of aromatic nitrogens is 3. The Hall–Kier alpha value is -4.79. The summed E-state index contributed by atoms with van der Waals surface area (Å²) in [6, 6.07) is 20.4. The van der Waals surface area contributed by atoms with Crippen molar-refractivity contribution in [3.05, 3.63) is 90.6 Å². The van der Waals surface area contributed by atoms with E-state index in [0.717, 1.165) is 64.8 Å². The van der Waals surface area contributed by atoms with Crippen molar-refractivity contribution in [2.24, 2.45) is 0 Å². The quantitative estimate of drug-likeness (QED) is 0.135. The largest absolute Gasteiger partial charge is 0.495 e. The molecule has 2 aromatic carbocycles. The maximum Gasteiger partial charge on any atom is 0.295 e. The van der Waals surface area contributed by atoms with Gasteiger partial charge in [-0.05, 0) is 55.7 Å². The Labute approximate surface area is 257 Å². The number of aromatic amines is 1. The van der Waals surface area contributed by atoms with Crippen LogP contribution >= 0.6 is 0 Å². The molecule has 1 aliphatic rings. The third-order valence-electron chi connectivity index (χ3n) is 8.99. The number of H-pyrrole nitrogens is 1. The molecule has 1 amide bonds. The number of carbonyl (C=O) groups is 1. The molecule has 1 atom stereocenters. The standard InChI is InChI=1S/C35H40N6O3/c1-34(19-25-20-37-29-10-6-5-9-28(25)29,41-33-40-30(22-44-33)24-11-13-26(36-2)14-12-24)32(42)39-23-35(17-7-4-8-18-35)31-16-15-27(43-3)21-38-31/h5-6,9-16,20-22,36-37H,4,7-8,17-19,23H2,1-3H3,(H,39,42)(H,40,41)/t34-/m0/s1. The molecular weight excluding hydrogens is 552 g/mol. The molecule has 0 unspecified atom stereocenters. The molecule has 0 bridgehead atoms. The number of benzene rings is 2. The van der Waals surface area contributed by atoms with Crippen molar-refractivity contribution in [3.63, 3.8) is 0 Å². The van der Waals surface area contributed by atoms with Crippen LogP contribution in [0.5, 0.6) is 5.75 Å². The van der Waals surface area contributed by atoms with Crippen molar-refractivity contribution in [2.45, 2.75) is 56.4 Å². The van der Waals surface area contributed by atoms with Crippen LogP contribution in [-0.4, -0.2) is 47.1 Å². The van der Waals surface area contributed by atoms with Gasteiger partial charge in [0.2, 0.25) is 5.91 Å². The first-order valence-corrected chi connectivity index (χ1v) is 15.3. The van der Waals surface area contributed by atoms with Gasteiger partial charge in [0.25, 0.3) is 6.01 Å². The molecule has 44 heavy (non-hydrogen) atoms. The van der Waals surface area contributed by atoms with Gasteiger partial charge in [0.05, 0.1) is 13.3 Å². The number of nitrogens with one attached hydrogen (secondary N) is 4. The van der Waals surface area contributed by atoms with Gasteiger partial charge in [0, 0.05) is 59.5 Å². The third kappa shape index (κ3) is 6.00. The fourth-order valence-electron chi connectivity index (χ4n) is 6.36. The minimum absolute atomic E-state index is 0.126. The van der Waals surface area contributed by atoms with E-state index >= 15 is 0 Å². The molecule has 1 fully saturated rings. The smallest absolute Gasteiger partial charge is 0.295 e. The molecule has 0 saturated heterocycles. The molecule has 1 saturated carbocycles. The molecule has 9 heteroatoms. The number of anilines is 2. The lowest BCUT2D eigenvalue weighted by Crippen LogP contribution is -2.55. The van der Waals surface area contributed by atoms with E-state index in [1.54, 1.807) is 19.6 Å². The lowest BCUT2D eigenvalue weighted by atomic mass is 9.71. The zero-order chi connectivity index (χ0) is 30.6. The van der Waals surface area contributed by atoms with Gasteiger partial charge in [-0.15, -0.1) is 0 Å². The number of nitrogens with zero attached hydrogens (tertiary/aromatic N) is 2. The summed E-state index contributed by atoms with van der Waals surface area (Å²) >= 11 is 0. The van der Waals surface area contributed by atoms with Crippen LogP contribution in [0.3, 0.4) is 0 Å². The number of methoxy groups -OCH3 is 1. The minimum Gasteiger partial charge on any atom is -0.495 e. The number of oxazole rings is 1. The molecule has 0 spiro atoms. The van der Waals surface area contributed by atoms with Crippen molar-refractivity contribution < 1.29 is 13.9 Å². The van der Waals surface area contributed by atoms with Crippen LogP contribution in [0.25, 0.3) is 22.2 Å². The zero-order valence-corrected chi connectivity index (χ0v) is 25.6. The predicted molar refractivity (Wildman–Crippen MR) is 174 cm³/mol. The predicted octanol–water partition coefficient (Wildman–Crippen LogP) is 6.70. The average molecular weight is 593 g/mol. The molecule has 9 nitrogen and oxygen atoms in total. The molecular formula is C35H40N6O3. The second kappa shape index (κ2) is 12.4. The number of ether oxygens (including phenoxy) is 1. The summed E-state index contributed by atoms with van der Waals surface area (Å²) in [5, 5.41) is 10.9. The van der Waals surface area contributed by atoms with Gasteiger partial charge in [0.1, 0.15) is 23.2 Å². The molecule has 3 aromatic heterocycles. The fourth-order valence-corrected chi connectivity index (χ4v) is 6.36. The first-order valence-electron chi connectivity index (χ1n) is 15.3. The van der Waals surface area contributed by atoms with Crippen LogP contribution in [0.2, 0.25) is 0 Å². The first kappa shape index (κ1) is 29.3. The fraction of sp³-hybridized carbons (Fsp3) is 0.343. The average Bonchev–Trinajstić information content (AvgIpc) is 3.71. The van der Waals surface area contributed by atoms with Gasteiger partial charge >= 0.3 is 0 Å². The summed E-state index contributed by atoms with van der Waals surface area (Å²) < 4.78 is 11.2. The normalized spacial score (nSPS) is 15.8. The van der Waals surface area contributed by atoms with Gasteiger partial charge in [-0.25, -0.2) is 0 Å². The van der Waals surface area contributed by atoms with Crippen molar-refractivity contribution in [3.8, 4) is 17.0 Å². The number of hydrogen-bond donors (Lipinski definition) is 4. The van der Waals surface area contributed by atoms with Crippen LogP contribution in [0.1, 0.15) is 50.3 Å². The molecule has 0 radical (unpaired) electrons. The lowest BCUT2D eigenvalue weighted by Gasteiger charge is -2.38. The molecule has 4 N–H and O–H groups in total. The van der Waals surface area contributed by atoms with E-state index in [9.17, 15) is 4.79 Å². The summed E-state index contributed by atoms with van der Waals surface area (Å²) in [5.74, 6) is 0.599. The topological polar surface area (TPSA) is 117 Å². The van der Waals surface area contributed by atoms with E-state index in [0.29, 0.717) is 24.7 Å². The summed E-state index contributed by atoms with van der Waals surface area (Å²) in [6.45, 7) is 2.40. The van der Waals surface area contributed by atoms with E-state index in [1.807, 2.05) is 74.8 Å². The number of carbonyl (C=O) groups excluding carboxylic acids is 1. The van der Waals surface area contributed by atoms with Gasteiger partial charge in [-0.3, -0.25) is 9.78 Å². The molecule has 1 aliphatic carbocycles. The number of rotatable bonds is 11. The van der Waals surface area contributed by atoms with Gasteiger partial charge < -0.3 is 30.1 Å². The number of amides is 1. The first-order chi connectivity index (χ1) is 21.4. The highest BCUT2D eigenvalue weighted by Gasteiger charge is 2.40. The van der Waals surface area contributed by atoms with Crippen molar-refractivity contribution >= 4 is 28.5 Å². The monoisotopic (exact) mass is 592 g/mol. The molecule has 6 rings (SSSR count). The van der Waals surface area contributed by atoms with E-state index in [4.69, 9.17) is 19.1 Å². The van der Waals surface area contributed by atoms with E-state index in [-0.39, 0.29) is 11.3 Å².